The van der Waals surface area contributed by atoms with Gasteiger partial charge >= 0.3 is 5.97 Å². The molecule has 3 atom stereocenters. The minimum Gasteiger partial charge on any atom is -0.433 e. The number of aromatic nitrogens is 1. The summed E-state index contributed by atoms with van der Waals surface area (Å²) < 4.78 is 11.2. The molecule has 5 rings (SSSR count). The fourth-order valence-corrected chi connectivity index (χ4v) is 5.90. The van der Waals surface area contributed by atoms with Crippen molar-refractivity contribution in [3.8, 4) is 0 Å². The lowest BCUT2D eigenvalue weighted by molar-refractivity contribution is -0.168. The second kappa shape index (κ2) is 13.1. The number of hydrogen-bond donors (Lipinski definition) is 3. The van der Waals surface area contributed by atoms with E-state index in [0.717, 1.165) is 5.56 Å². The summed E-state index contributed by atoms with van der Waals surface area (Å²) in [7, 11) is 0. The molecule has 0 saturated carbocycles. The molecule has 12 nitrogen and oxygen atoms in total. The average Bonchev–Trinajstić information content (AvgIpc) is 3.49. The number of hydrogen-bond acceptors (Lipinski definition) is 11. The Labute approximate surface area is 246 Å². The number of carbonyl (C=O) groups is 4. The number of para-hydroxylation sites is 2. The van der Waals surface area contributed by atoms with Crippen molar-refractivity contribution in [2.45, 2.75) is 44.9 Å². The van der Waals surface area contributed by atoms with Crippen LogP contribution in [-0.2, 0) is 30.5 Å². The second-order valence-electron chi connectivity index (χ2n) is 9.87. The summed E-state index contributed by atoms with van der Waals surface area (Å²) in [6.07, 6.45) is -0.484. The Morgan fingerprint density at radius 3 is 2.64 bits per heavy atom. The monoisotopic (exact) mass is 593 g/mol. The van der Waals surface area contributed by atoms with Crippen LogP contribution >= 0.6 is 11.3 Å². The summed E-state index contributed by atoms with van der Waals surface area (Å²) >= 11 is 1.31. The van der Waals surface area contributed by atoms with E-state index in [1.807, 2.05) is 30.3 Å². The highest BCUT2D eigenvalue weighted by Crippen LogP contribution is 2.36. The summed E-state index contributed by atoms with van der Waals surface area (Å²) in [4.78, 5) is 57.6. The van der Waals surface area contributed by atoms with Crippen LogP contribution in [0.15, 0.2) is 54.6 Å². The number of benzene rings is 2. The van der Waals surface area contributed by atoms with E-state index in [2.05, 4.69) is 15.6 Å². The first-order valence-corrected chi connectivity index (χ1v) is 14.3. The number of thiazole rings is 1. The highest BCUT2D eigenvalue weighted by molar-refractivity contribution is 7.16. The van der Waals surface area contributed by atoms with E-state index in [0.29, 0.717) is 34.1 Å². The molecule has 2 aliphatic heterocycles. The van der Waals surface area contributed by atoms with Crippen LogP contribution in [-0.4, -0.2) is 72.4 Å². The molecule has 0 radical (unpaired) electrons. The van der Waals surface area contributed by atoms with E-state index in [1.165, 1.54) is 16.2 Å². The molecule has 1 saturated heterocycles. The molecule has 2 amide bonds. The molecule has 1 aromatic heterocycles. The predicted molar refractivity (Wildman–Crippen MR) is 155 cm³/mol. The molecule has 0 aliphatic carbocycles. The number of aliphatic hydroxyl groups excluding tert-OH is 1. The van der Waals surface area contributed by atoms with Crippen LogP contribution in [0, 0.1) is 6.92 Å². The number of anilines is 3. The molecule has 13 heteroatoms. The van der Waals surface area contributed by atoms with Crippen molar-refractivity contribution >= 4 is 51.8 Å². The van der Waals surface area contributed by atoms with E-state index in [1.54, 1.807) is 36.1 Å². The minimum absolute atomic E-state index is 0.0366. The second-order valence-corrected chi connectivity index (χ2v) is 11.1. The number of aryl methyl sites for hydroxylation is 1. The van der Waals surface area contributed by atoms with Crippen molar-refractivity contribution in [1.29, 1.82) is 0 Å². The number of fused-ring (bicyclic) bond motifs is 1. The maximum absolute atomic E-state index is 13.5. The van der Waals surface area contributed by atoms with Gasteiger partial charge in [-0.15, -0.1) is 11.3 Å². The van der Waals surface area contributed by atoms with E-state index >= 15 is 0 Å². The molecule has 2 aliphatic rings. The number of cyclic esters (lactones) is 1. The van der Waals surface area contributed by atoms with Crippen molar-refractivity contribution in [2.24, 2.45) is 0 Å². The van der Waals surface area contributed by atoms with Crippen molar-refractivity contribution in [3.05, 3.63) is 70.9 Å². The Hall–Kier alpha value is -4.33. The van der Waals surface area contributed by atoms with Crippen LogP contribution in [0.5, 0.6) is 0 Å². The van der Waals surface area contributed by atoms with Crippen molar-refractivity contribution < 1.29 is 33.8 Å². The molecular weight excluding hydrogens is 562 g/mol. The van der Waals surface area contributed by atoms with Gasteiger partial charge in [0.2, 0.25) is 12.2 Å². The van der Waals surface area contributed by atoms with Crippen LogP contribution < -0.4 is 20.4 Å². The van der Waals surface area contributed by atoms with Crippen LogP contribution in [0.2, 0.25) is 0 Å². The summed E-state index contributed by atoms with van der Waals surface area (Å²) in [5.74, 6) is -1.35. The molecule has 1 fully saturated rings. The summed E-state index contributed by atoms with van der Waals surface area (Å²) in [5, 5.41) is 17.1. The molecule has 220 valence electrons. The first kappa shape index (κ1) is 29.2. The van der Waals surface area contributed by atoms with Gasteiger partial charge in [-0.1, -0.05) is 42.5 Å². The zero-order valence-electron chi connectivity index (χ0n) is 22.9. The van der Waals surface area contributed by atoms with E-state index in [9.17, 15) is 24.3 Å². The lowest BCUT2D eigenvalue weighted by Gasteiger charge is -2.33. The minimum atomic E-state index is -0.944. The average molecular weight is 594 g/mol. The molecular formula is C29H31N5O7S. The Kier molecular flexibility index (Phi) is 9.10. The Bertz CT molecular complexity index is 1450. The smallest absolute Gasteiger partial charge is 0.310 e. The zero-order chi connectivity index (χ0) is 29.6. The fourth-order valence-electron chi connectivity index (χ4n) is 5.06. The SMILES string of the molecule is Cc1nc(C=O)c(NC2CCN(C(=O)CO)c3ccccc3N2CC(=O)N[C@H]2CC(=O)OC2OCc2ccccc2)s1. The van der Waals surface area contributed by atoms with E-state index in [-0.39, 0.29) is 31.8 Å². The van der Waals surface area contributed by atoms with Crippen molar-refractivity contribution in [2.75, 3.05) is 34.8 Å². The zero-order valence-corrected chi connectivity index (χ0v) is 23.7. The maximum atomic E-state index is 13.5. The molecule has 3 aromatic rings. The number of nitrogens with one attached hydrogen (secondary N) is 2. The fraction of sp³-hybridized carbons (Fsp3) is 0.345. The number of aldehydes is 1. The molecule has 3 heterocycles. The number of esters is 1. The lowest BCUT2D eigenvalue weighted by Crippen LogP contribution is -2.50. The van der Waals surface area contributed by atoms with E-state index < -0.39 is 42.9 Å². The van der Waals surface area contributed by atoms with Gasteiger partial charge in [-0.05, 0) is 24.6 Å². The van der Waals surface area contributed by atoms with Gasteiger partial charge < -0.3 is 35.0 Å². The molecule has 2 aromatic carbocycles. The van der Waals surface area contributed by atoms with E-state index in [4.69, 9.17) is 9.47 Å². The first-order chi connectivity index (χ1) is 20.4. The van der Waals surface area contributed by atoms with Crippen LogP contribution in [0.4, 0.5) is 16.4 Å². The Balaban J connectivity index is 1.38. The summed E-state index contributed by atoms with van der Waals surface area (Å²) in [6.45, 7) is 1.43. The highest BCUT2D eigenvalue weighted by atomic mass is 32.1. The van der Waals surface area contributed by atoms with Gasteiger partial charge in [0.15, 0.2) is 6.29 Å². The number of nitrogens with zero attached hydrogens (tertiary/aromatic N) is 3. The normalized spacial score (nSPS) is 20.0. The van der Waals surface area contributed by atoms with Gasteiger partial charge in [0, 0.05) is 13.0 Å². The third kappa shape index (κ3) is 6.59. The summed E-state index contributed by atoms with van der Waals surface area (Å²) in [5.41, 5.74) is 2.26. The predicted octanol–water partition coefficient (Wildman–Crippen LogP) is 2.21. The number of ether oxygens (including phenoxy) is 2. The van der Waals surface area contributed by atoms with Gasteiger partial charge in [0.1, 0.15) is 29.5 Å². The maximum Gasteiger partial charge on any atom is 0.310 e. The molecule has 42 heavy (non-hydrogen) atoms. The Morgan fingerprint density at radius 1 is 1.17 bits per heavy atom. The van der Waals surface area contributed by atoms with Gasteiger partial charge in [-0.25, -0.2) is 4.98 Å². The van der Waals surface area contributed by atoms with Crippen molar-refractivity contribution in [3.63, 3.8) is 0 Å². The van der Waals surface area contributed by atoms with Gasteiger partial charge in [0.25, 0.3) is 5.91 Å². The molecule has 0 bridgehead atoms. The number of carbonyl (C=O) groups excluding carboxylic acids is 4. The molecule has 0 spiro atoms. The third-order valence-corrected chi connectivity index (χ3v) is 7.89. The first-order valence-electron chi connectivity index (χ1n) is 13.5. The van der Waals surface area contributed by atoms with Gasteiger partial charge in [-0.3, -0.25) is 19.2 Å². The number of amides is 2. The highest BCUT2D eigenvalue weighted by Gasteiger charge is 2.38. The molecule has 3 N–H and O–H groups in total. The van der Waals surface area contributed by atoms with Gasteiger partial charge in [-0.2, -0.15) is 0 Å². The van der Waals surface area contributed by atoms with Crippen LogP contribution in [0.25, 0.3) is 0 Å². The number of aliphatic hydroxyl groups is 1. The standard InChI is InChI=1S/C29H31N5O7S/c1-18-30-21(15-35)28(42-18)32-24-11-12-33(26(38)16-36)22-9-5-6-10-23(22)34(24)14-25(37)31-20-13-27(39)41-29(20)40-17-19-7-3-2-4-8-19/h2-10,15,20,24,29,32,36H,11-14,16-17H2,1H3,(H,31,37)/t20-,24?,29?/m0/s1. The van der Waals surface area contributed by atoms with Crippen LogP contribution in [0.3, 0.4) is 0 Å². The lowest BCUT2D eigenvalue weighted by atomic mass is 10.2. The van der Waals surface area contributed by atoms with Crippen LogP contribution in [0.1, 0.15) is 33.9 Å². The van der Waals surface area contributed by atoms with Gasteiger partial charge in [0.05, 0.1) is 36.0 Å². The van der Waals surface area contributed by atoms with Crippen molar-refractivity contribution in [1.82, 2.24) is 10.3 Å². The molecule has 2 unspecified atom stereocenters. The topological polar surface area (TPSA) is 150 Å². The third-order valence-electron chi connectivity index (χ3n) is 6.97. The number of rotatable bonds is 10. The largest absolute Gasteiger partial charge is 0.433 e. The summed E-state index contributed by atoms with van der Waals surface area (Å²) in [6, 6.07) is 15.8. The Morgan fingerprint density at radius 2 is 1.90 bits per heavy atom. The quantitative estimate of drug-likeness (QED) is 0.236.